The van der Waals surface area contributed by atoms with Crippen LogP contribution >= 0.6 is 0 Å². The molecular formula is C14H21NO3. The van der Waals surface area contributed by atoms with E-state index in [-0.39, 0.29) is 19.1 Å². The number of hydrogen-bond acceptors (Lipinski definition) is 3. The van der Waals surface area contributed by atoms with Gasteiger partial charge in [0, 0.05) is 13.0 Å². The van der Waals surface area contributed by atoms with Crippen molar-refractivity contribution in [3.63, 3.8) is 0 Å². The van der Waals surface area contributed by atoms with Gasteiger partial charge in [0.05, 0.1) is 6.61 Å². The van der Waals surface area contributed by atoms with Crippen molar-refractivity contribution in [1.82, 2.24) is 5.32 Å². The first-order valence-electron chi connectivity index (χ1n) is 6.08. The van der Waals surface area contributed by atoms with Crippen molar-refractivity contribution >= 4 is 5.91 Å². The van der Waals surface area contributed by atoms with Crippen LogP contribution in [0.25, 0.3) is 0 Å². The smallest absolute Gasteiger partial charge is 0.220 e. The Kier molecular flexibility index (Phi) is 5.31. The minimum atomic E-state index is -1.25. The summed E-state index contributed by atoms with van der Waals surface area (Å²) in [4.78, 5) is 11.6. The number of aryl methyl sites for hydroxylation is 2. The minimum Gasteiger partial charge on any atom is -0.393 e. The van der Waals surface area contributed by atoms with Crippen LogP contribution in [-0.4, -0.2) is 34.9 Å². The molecule has 0 saturated carbocycles. The van der Waals surface area contributed by atoms with Crippen LogP contribution in [0.4, 0.5) is 0 Å². The lowest BCUT2D eigenvalue weighted by molar-refractivity contribution is -0.122. The van der Waals surface area contributed by atoms with Gasteiger partial charge in [-0.3, -0.25) is 4.79 Å². The van der Waals surface area contributed by atoms with E-state index >= 15 is 0 Å². The number of nitrogens with one attached hydrogen (secondary N) is 1. The Balaban J connectivity index is 2.34. The minimum absolute atomic E-state index is 0.0656. The zero-order chi connectivity index (χ0) is 13.6. The summed E-state index contributed by atoms with van der Waals surface area (Å²) in [5, 5.41) is 21.0. The SMILES string of the molecule is Cc1cccc(CCC(=O)NCC(C)(O)CO)c1. The van der Waals surface area contributed by atoms with Gasteiger partial charge in [-0.2, -0.15) is 0 Å². The van der Waals surface area contributed by atoms with Gasteiger partial charge in [-0.15, -0.1) is 0 Å². The third kappa shape index (κ3) is 5.29. The summed E-state index contributed by atoms with van der Waals surface area (Å²) in [6, 6.07) is 8.03. The molecule has 0 bridgehead atoms. The van der Waals surface area contributed by atoms with E-state index < -0.39 is 5.60 Å². The second kappa shape index (κ2) is 6.52. The van der Waals surface area contributed by atoms with E-state index in [2.05, 4.69) is 11.4 Å². The molecule has 1 aromatic carbocycles. The summed E-state index contributed by atoms with van der Waals surface area (Å²) in [5.74, 6) is -0.120. The van der Waals surface area contributed by atoms with E-state index in [0.717, 1.165) is 5.56 Å². The lowest BCUT2D eigenvalue weighted by Gasteiger charge is -2.20. The fourth-order valence-corrected chi connectivity index (χ4v) is 1.56. The molecule has 0 aliphatic heterocycles. The summed E-state index contributed by atoms with van der Waals surface area (Å²) in [7, 11) is 0. The molecule has 0 saturated heterocycles. The molecule has 1 unspecified atom stereocenters. The average molecular weight is 251 g/mol. The number of hydrogen-bond donors (Lipinski definition) is 3. The third-order valence-corrected chi connectivity index (χ3v) is 2.73. The maximum atomic E-state index is 11.6. The van der Waals surface area contributed by atoms with Gasteiger partial charge in [-0.05, 0) is 25.8 Å². The zero-order valence-electron chi connectivity index (χ0n) is 10.9. The van der Waals surface area contributed by atoms with Gasteiger partial charge in [-0.1, -0.05) is 29.8 Å². The van der Waals surface area contributed by atoms with E-state index in [9.17, 15) is 9.90 Å². The topological polar surface area (TPSA) is 69.6 Å². The number of amides is 1. The average Bonchev–Trinajstić information content (AvgIpc) is 2.34. The second-order valence-electron chi connectivity index (χ2n) is 4.92. The summed E-state index contributed by atoms with van der Waals surface area (Å²) in [6.45, 7) is 3.19. The standard InChI is InChI=1S/C14H21NO3/c1-11-4-3-5-12(8-11)6-7-13(17)15-9-14(2,18)10-16/h3-5,8,16,18H,6-7,9-10H2,1-2H3,(H,15,17). The lowest BCUT2D eigenvalue weighted by atomic mass is 10.1. The van der Waals surface area contributed by atoms with E-state index in [1.807, 2.05) is 25.1 Å². The Morgan fingerprint density at radius 2 is 2.17 bits per heavy atom. The lowest BCUT2D eigenvalue weighted by Crippen LogP contribution is -2.43. The molecule has 4 nitrogen and oxygen atoms in total. The van der Waals surface area contributed by atoms with Crippen LogP contribution in [0, 0.1) is 6.92 Å². The van der Waals surface area contributed by atoms with Crippen molar-refractivity contribution in [2.75, 3.05) is 13.2 Å². The predicted octanol–water partition coefficient (Wildman–Crippen LogP) is 0.787. The highest BCUT2D eigenvalue weighted by Gasteiger charge is 2.19. The molecule has 0 spiro atoms. The summed E-state index contributed by atoms with van der Waals surface area (Å²) in [6.07, 6.45) is 1.06. The molecule has 0 heterocycles. The molecule has 0 aliphatic carbocycles. The van der Waals surface area contributed by atoms with Crippen molar-refractivity contribution in [3.8, 4) is 0 Å². The van der Waals surface area contributed by atoms with E-state index in [0.29, 0.717) is 12.8 Å². The summed E-state index contributed by atoms with van der Waals surface area (Å²) < 4.78 is 0. The molecule has 1 atom stereocenters. The van der Waals surface area contributed by atoms with Crippen molar-refractivity contribution in [1.29, 1.82) is 0 Å². The zero-order valence-corrected chi connectivity index (χ0v) is 10.9. The first-order valence-corrected chi connectivity index (χ1v) is 6.08. The number of benzene rings is 1. The third-order valence-electron chi connectivity index (χ3n) is 2.73. The molecule has 0 aromatic heterocycles. The molecule has 18 heavy (non-hydrogen) atoms. The highest BCUT2D eigenvalue weighted by atomic mass is 16.3. The first kappa shape index (κ1) is 14.7. The van der Waals surface area contributed by atoms with Crippen LogP contribution < -0.4 is 5.32 Å². The Labute approximate surface area is 108 Å². The molecule has 0 fully saturated rings. The maximum absolute atomic E-state index is 11.6. The van der Waals surface area contributed by atoms with Gasteiger partial charge < -0.3 is 15.5 Å². The Bertz CT molecular complexity index is 402. The van der Waals surface area contributed by atoms with Gasteiger partial charge >= 0.3 is 0 Å². The van der Waals surface area contributed by atoms with Gasteiger partial charge in [0.25, 0.3) is 0 Å². The van der Waals surface area contributed by atoms with Gasteiger partial charge in [-0.25, -0.2) is 0 Å². The number of aliphatic hydroxyl groups is 2. The Morgan fingerprint density at radius 1 is 1.44 bits per heavy atom. The Hall–Kier alpha value is -1.39. The quantitative estimate of drug-likeness (QED) is 0.700. The molecular weight excluding hydrogens is 230 g/mol. The highest BCUT2D eigenvalue weighted by molar-refractivity contribution is 5.76. The summed E-state index contributed by atoms with van der Waals surface area (Å²) >= 11 is 0. The van der Waals surface area contributed by atoms with E-state index in [4.69, 9.17) is 5.11 Å². The summed E-state index contributed by atoms with van der Waals surface area (Å²) in [5.41, 5.74) is 1.05. The Morgan fingerprint density at radius 3 is 2.78 bits per heavy atom. The molecule has 1 amide bonds. The monoisotopic (exact) mass is 251 g/mol. The molecule has 100 valence electrons. The van der Waals surface area contributed by atoms with Crippen LogP contribution in [0.15, 0.2) is 24.3 Å². The molecule has 0 aliphatic rings. The van der Waals surface area contributed by atoms with Crippen LogP contribution in [0.2, 0.25) is 0 Å². The van der Waals surface area contributed by atoms with Crippen LogP contribution in [0.1, 0.15) is 24.5 Å². The first-order chi connectivity index (χ1) is 8.43. The predicted molar refractivity (Wildman–Crippen MR) is 70.2 cm³/mol. The van der Waals surface area contributed by atoms with Gasteiger partial charge in [0.15, 0.2) is 0 Å². The molecule has 1 rings (SSSR count). The van der Waals surface area contributed by atoms with Crippen LogP contribution in [0.5, 0.6) is 0 Å². The largest absolute Gasteiger partial charge is 0.393 e. The number of rotatable bonds is 6. The molecule has 0 radical (unpaired) electrons. The number of carbonyl (C=O) groups excluding carboxylic acids is 1. The maximum Gasteiger partial charge on any atom is 0.220 e. The van der Waals surface area contributed by atoms with Gasteiger partial charge in [0.2, 0.25) is 5.91 Å². The van der Waals surface area contributed by atoms with Crippen molar-refractivity contribution < 1.29 is 15.0 Å². The van der Waals surface area contributed by atoms with Crippen LogP contribution in [0.3, 0.4) is 0 Å². The second-order valence-corrected chi connectivity index (χ2v) is 4.92. The van der Waals surface area contributed by atoms with Crippen molar-refractivity contribution in [2.24, 2.45) is 0 Å². The highest BCUT2D eigenvalue weighted by Crippen LogP contribution is 2.06. The normalized spacial score (nSPS) is 14.0. The molecule has 4 heteroatoms. The van der Waals surface area contributed by atoms with E-state index in [1.165, 1.54) is 12.5 Å². The molecule has 3 N–H and O–H groups in total. The molecule has 1 aromatic rings. The fourth-order valence-electron chi connectivity index (χ4n) is 1.56. The fraction of sp³-hybridized carbons (Fsp3) is 0.500. The van der Waals surface area contributed by atoms with E-state index in [1.54, 1.807) is 0 Å². The van der Waals surface area contributed by atoms with Crippen LogP contribution in [-0.2, 0) is 11.2 Å². The van der Waals surface area contributed by atoms with Gasteiger partial charge in [0.1, 0.15) is 5.60 Å². The van der Waals surface area contributed by atoms with Crippen molar-refractivity contribution in [3.05, 3.63) is 35.4 Å². The number of carbonyl (C=O) groups is 1. The number of aliphatic hydroxyl groups excluding tert-OH is 1. The van der Waals surface area contributed by atoms with Crippen molar-refractivity contribution in [2.45, 2.75) is 32.3 Å².